The molecule has 0 unspecified atom stereocenters. The van der Waals surface area contributed by atoms with Crippen molar-refractivity contribution in [1.29, 1.82) is 0 Å². The summed E-state index contributed by atoms with van der Waals surface area (Å²) in [5.74, 6) is -0.00325. The molecule has 2 N–H and O–H groups in total. The van der Waals surface area contributed by atoms with Crippen LogP contribution < -0.4 is 9.80 Å². The number of hydrogen-bond donors (Lipinski definition) is 1. The average Bonchev–Trinajstić information content (AvgIpc) is 2.76. The lowest BCUT2D eigenvalue weighted by Crippen LogP contribution is -2.53. The van der Waals surface area contributed by atoms with E-state index in [0.29, 0.717) is 6.42 Å². The van der Waals surface area contributed by atoms with E-state index >= 15 is 0 Å². The van der Waals surface area contributed by atoms with Crippen molar-refractivity contribution in [2.45, 2.75) is 6.42 Å². The van der Waals surface area contributed by atoms with Crippen LogP contribution in [0.5, 0.6) is 0 Å². The number of hydrogen-bond acceptors (Lipinski definition) is 4. The number of aromatic nitrogens is 2. The van der Waals surface area contributed by atoms with Gasteiger partial charge in [0.1, 0.15) is 11.6 Å². The fourth-order valence-corrected chi connectivity index (χ4v) is 1.65. The maximum Gasteiger partial charge on any atom is 0.257 e. The Kier molecular flexibility index (Phi) is 3.24. The van der Waals surface area contributed by atoms with Crippen LogP contribution in [0, 0.1) is 0 Å². The first kappa shape index (κ1) is 11.4. The summed E-state index contributed by atoms with van der Waals surface area (Å²) in [5.41, 5.74) is 9.22. The van der Waals surface area contributed by atoms with Gasteiger partial charge in [0.05, 0.1) is 11.8 Å². The molecule has 17 heavy (non-hydrogen) atoms. The minimum atomic E-state index is -0.00325. The summed E-state index contributed by atoms with van der Waals surface area (Å²) in [5, 5.41) is 14.5. The van der Waals surface area contributed by atoms with E-state index in [0.717, 1.165) is 11.3 Å². The van der Waals surface area contributed by atoms with Crippen LogP contribution in [-0.2, 0) is 6.42 Å². The molecule has 0 aliphatic rings. The van der Waals surface area contributed by atoms with Gasteiger partial charge in [-0.05, 0) is 18.1 Å². The molecule has 2 aromatic rings. The van der Waals surface area contributed by atoms with Crippen molar-refractivity contribution >= 4 is 11.6 Å². The van der Waals surface area contributed by atoms with Crippen LogP contribution in [0.4, 0.5) is 11.6 Å². The molecule has 0 bridgehead atoms. The van der Waals surface area contributed by atoms with E-state index in [4.69, 9.17) is 15.4 Å². The van der Waals surface area contributed by atoms with Crippen LogP contribution >= 0.6 is 0 Å². The Bertz CT molecular complexity index is 498. The summed E-state index contributed by atoms with van der Waals surface area (Å²) in [4.78, 5) is 1.44. The molecule has 0 amide bonds. The van der Waals surface area contributed by atoms with Gasteiger partial charge in [-0.15, -0.1) is 5.01 Å². The molecule has 1 aromatic heterocycles. The van der Waals surface area contributed by atoms with Crippen LogP contribution in [0.25, 0.3) is 5.73 Å². The summed E-state index contributed by atoms with van der Waals surface area (Å²) in [7, 11) is 1.82. The van der Waals surface area contributed by atoms with E-state index in [2.05, 4.69) is 5.27 Å². The third-order valence-corrected chi connectivity index (χ3v) is 2.48. The Balaban J connectivity index is 2.33. The van der Waals surface area contributed by atoms with Crippen LogP contribution in [0.2, 0.25) is 0 Å². The average molecular weight is 234 g/mol. The zero-order chi connectivity index (χ0) is 12.3. The molecule has 0 saturated carbocycles. The predicted octanol–water partition coefficient (Wildman–Crippen LogP) is 1.08. The van der Waals surface area contributed by atoms with Crippen molar-refractivity contribution in [3.63, 3.8) is 0 Å². The monoisotopic (exact) mass is 234 g/mol. The molecular formula is C11H14N4O2. The Morgan fingerprint density at radius 3 is 2.88 bits per heavy atom. The third-order valence-electron chi connectivity index (χ3n) is 2.48. The highest BCUT2D eigenvalue weighted by molar-refractivity contribution is 5.50. The second-order valence-corrected chi connectivity index (χ2v) is 3.61. The van der Waals surface area contributed by atoms with Crippen LogP contribution in [0.15, 0.2) is 35.0 Å². The maximum atomic E-state index is 9.01. The summed E-state index contributed by atoms with van der Waals surface area (Å²) >= 11 is 0. The number of aliphatic hydroxyl groups excluding tert-OH is 1. The van der Waals surface area contributed by atoms with E-state index in [1.165, 1.54) is 11.0 Å². The topological polar surface area (TPSA) is 77.2 Å². The second-order valence-electron chi connectivity index (χ2n) is 3.61. The maximum absolute atomic E-state index is 9.01. The van der Waals surface area contributed by atoms with E-state index in [1.54, 1.807) is 5.01 Å². The molecule has 0 aliphatic heterocycles. The number of nitrogens with one attached hydrogen (secondary N) is 1. The molecule has 0 saturated heterocycles. The lowest BCUT2D eigenvalue weighted by molar-refractivity contribution is -0.748. The largest absolute Gasteiger partial charge is 0.660 e. The highest BCUT2D eigenvalue weighted by Crippen LogP contribution is 2.18. The Morgan fingerprint density at radius 2 is 2.24 bits per heavy atom. The number of nitrogens with zero attached hydrogens (tertiary/aromatic N) is 3. The zero-order valence-corrected chi connectivity index (χ0v) is 9.50. The van der Waals surface area contributed by atoms with Gasteiger partial charge in [0.15, 0.2) is 0 Å². The Labute approximate surface area is 98.8 Å². The molecule has 1 heterocycles. The standard InChI is InChI=1S/C11H14N4O2/c1-14(15-8-11(12)17-13-15)10-5-3-2-4-9(10)6-7-16/h2-5,8,12,16H,6-7H2,1H3. The van der Waals surface area contributed by atoms with E-state index < -0.39 is 0 Å². The predicted molar refractivity (Wildman–Crippen MR) is 61.7 cm³/mol. The van der Waals surface area contributed by atoms with Crippen LogP contribution in [-0.4, -0.2) is 24.0 Å². The molecule has 90 valence electrons. The van der Waals surface area contributed by atoms with Gasteiger partial charge in [-0.2, -0.15) is 0 Å². The van der Waals surface area contributed by atoms with Gasteiger partial charge in [-0.1, -0.05) is 18.2 Å². The van der Waals surface area contributed by atoms with Crippen molar-refractivity contribution in [2.24, 2.45) is 0 Å². The molecule has 1 aromatic carbocycles. The van der Waals surface area contributed by atoms with Crippen molar-refractivity contribution in [2.75, 3.05) is 18.7 Å². The minimum Gasteiger partial charge on any atom is -0.660 e. The SMILES string of the molecule is CN(c1ccccc1CCO)[n+]1cc([NH-])on1. The molecule has 6 heteroatoms. The van der Waals surface area contributed by atoms with Crippen molar-refractivity contribution < 1.29 is 14.4 Å². The van der Waals surface area contributed by atoms with Gasteiger partial charge in [-0.25, -0.2) is 0 Å². The lowest BCUT2D eigenvalue weighted by atomic mass is 10.1. The number of benzene rings is 1. The highest BCUT2D eigenvalue weighted by atomic mass is 16.5. The normalized spacial score (nSPS) is 10.5. The third kappa shape index (κ3) is 2.36. The Hall–Kier alpha value is -2.08. The first-order valence-electron chi connectivity index (χ1n) is 5.25. The fourth-order valence-electron chi connectivity index (χ4n) is 1.65. The molecule has 0 aliphatic carbocycles. The lowest BCUT2D eigenvalue weighted by Gasteiger charge is -2.12. The smallest absolute Gasteiger partial charge is 0.257 e. The van der Waals surface area contributed by atoms with E-state index in [-0.39, 0.29) is 12.5 Å². The first-order valence-corrected chi connectivity index (χ1v) is 5.25. The van der Waals surface area contributed by atoms with E-state index in [9.17, 15) is 0 Å². The van der Waals surface area contributed by atoms with Gasteiger partial charge in [0, 0.05) is 6.61 Å². The molecule has 0 radical (unpaired) electrons. The first-order chi connectivity index (χ1) is 8.22. The number of anilines is 1. The number of rotatable bonds is 4. The highest BCUT2D eigenvalue weighted by Gasteiger charge is 2.17. The molecule has 0 atom stereocenters. The van der Waals surface area contributed by atoms with Gasteiger partial charge in [0.2, 0.25) is 5.27 Å². The number of para-hydroxylation sites is 1. The van der Waals surface area contributed by atoms with Crippen molar-refractivity contribution in [3.8, 4) is 0 Å². The van der Waals surface area contributed by atoms with Crippen LogP contribution in [0.3, 0.4) is 0 Å². The minimum absolute atomic E-state index is 0.00325. The molecule has 2 rings (SSSR count). The van der Waals surface area contributed by atoms with Crippen molar-refractivity contribution in [3.05, 3.63) is 41.8 Å². The summed E-state index contributed by atoms with van der Waals surface area (Å²) in [6.45, 7) is 0.0953. The van der Waals surface area contributed by atoms with Gasteiger partial charge < -0.3 is 15.4 Å². The summed E-state index contributed by atoms with van der Waals surface area (Å²) in [6.07, 6.45) is 2.04. The molecule has 6 nitrogen and oxygen atoms in total. The van der Waals surface area contributed by atoms with Crippen LogP contribution in [0.1, 0.15) is 5.56 Å². The Morgan fingerprint density at radius 1 is 1.47 bits per heavy atom. The fraction of sp³-hybridized carbons (Fsp3) is 0.273. The molecular weight excluding hydrogens is 220 g/mol. The summed E-state index contributed by atoms with van der Waals surface area (Å²) < 4.78 is 4.70. The molecule has 0 fully saturated rings. The zero-order valence-electron chi connectivity index (χ0n) is 9.50. The molecule has 0 spiro atoms. The van der Waals surface area contributed by atoms with Gasteiger partial charge in [-0.3, -0.25) is 0 Å². The summed E-state index contributed by atoms with van der Waals surface area (Å²) in [6, 6.07) is 7.71. The quantitative estimate of drug-likeness (QED) is 0.803. The van der Waals surface area contributed by atoms with E-state index in [1.807, 2.05) is 31.3 Å². The number of aliphatic hydroxyl groups is 1. The van der Waals surface area contributed by atoms with Gasteiger partial charge in [0.25, 0.3) is 6.20 Å². The second kappa shape index (κ2) is 4.84. The van der Waals surface area contributed by atoms with Gasteiger partial charge >= 0.3 is 0 Å². The van der Waals surface area contributed by atoms with Crippen molar-refractivity contribution in [1.82, 2.24) is 5.27 Å².